The van der Waals surface area contributed by atoms with Gasteiger partial charge in [0.05, 0.1) is 17.5 Å². The molecule has 1 heterocycles. The van der Waals surface area contributed by atoms with Crippen LogP contribution in [0.5, 0.6) is 5.75 Å². The number of carbonyl (C=O) groups is 1. The van der Waals surface area contributed by atoms with Crippen molar-refractivity contribution in [3.8, 4) is 17.2 Å². The smallest absolute Gasteiger partial charge is 0.309 e. The third-order valence-corrected chi connectivity index (χ3v) is 6.37. The Bertz CT molecular complexity index is 1140. The van der Waals surface area contributed by atoms with Gasteiger partial charge in [0.15, 0.2) is 0 Å². The Morgan fingerprint density at radius 3 is 2.32 bits per heavy atom. The molecule has 0 spiro atoms. The quantitative estimate of drug-likeness (QED) is 0.568. The van der Waals surface area contributed by atoms with Crippen molar-refractivity contribution in [3.05, 3.63) is 60.0 Å². The molecule has 9 nitrogen and oxygen atoms in total. The lowest BCUT2D eigenvalue weighted by molar-refractivity contribution is 0.0905. The number of nitrogens with zero attached hydrogens (tertiary/aromatic N) is 3. The van der Waals surface area contributed by atoms with Gasteiger partial charge in [-0.2, -0.15) is 0 Å². The van der Waals surface area contributed by atoms with Gasteiger partial charge in [-0.25, -0.2) is 12.7 Å². The lowest BCUT2D eigenvalue weighted by Crippen LogP contribution is -2.26. The maximum absolute atomic E-state index is 12.5. The Hall–Kier alpha value is -3.24. The number of sulfonamides is 1. The number of hydrogen-bond donors (Lipinski definition) is 1. The van der Waals surface area contributed by atoms with Crippen molar-refractivity contribution in [1.29, 1.82) is 0 Å². The van der Waals surface area contributed by atoms with Gasteiger partial charge in [0.1, 0.15) is 5.75 Å². The van der Waals surface area contributed by atoms with Gasteiger partial charge in [-0.3, -0.25) is 4.79 Å². The molecule has 0 aliphatic carbocycles. The third kappa shape index (κ3) is 5.09. The van der Waals surface area contributed by atoms with Gasteiger partial charge >= 0.3 is 11.8 Å². The van der Waals surface area contributed by atoms with Crippen molar-refractivity contribution in [2.45, 2.75) is 24.8 Å². The first kappa shape index (κ1) is 22.4. The van der Waals surface area contributed by atoms with Crippen molar-refractivity contribution in [2.24, 2.45) is 0 Å². The van der Waals surface area contributed by atoms with Crippen LogP contribution in [0.3, 0.4) is 0 Å². The molecule has 0 saturated carbocycles. The van der Waals surface area contributed by atoms with Crippen molar-refractivity contribution in [3.63, 3.8) is 0 Å². The molecule has 1 amide bonds. The molecule has 0 radical (unpaired) electrons. The van der Waals surface area contributed by atoms with Crippen molar-refractivity contribution in [1.82, 2.24) is 19.8 Å². The molecule has 1 aromatic heterocycles. The molecule has 0 bridgehead atoms. The number of amides is 1. The van der Waals surface area contributed by atoms with E-state index in [-0.39, 0.29) is 22.7 Å². The zero-order valence-electron chi connectivity index (χ0n) is 17.7. The molecule has 0 saturated heterocycles. The molecule has 0 aliphatic heterocycles. The van der Waals surface area contributed by atoms with Crippen LogP contribution in [0.15, 0.2) is 57.8 Å². The van der Waals surface area contributed by atoms with Crippen LogP contribution in [0, 0.1) is 0 Å². The topological polar surface area (TPSA) is 115 Å². The Morgan fingerprint density at radius 2 is 1.74 bits per heavy atom. The highest BCUT2D eigenvalue weighted by atomic mass is 32.2. The van der Waals surface area contributed by atoms with Crippen LogP contribution in [-0.4, -0.2) is 49.5 Å². The zero-order chi connectivity index (χ0) is 22.6. The molecule has 31 heavy (non-hydrogen) atoms. The second-order valence-electron chi connectivity index (χ2n) is 6.92. The molecule has 3 rings (SSSR count). The van der Waals surface area contributed by atoms with Crippen LogP contribution in [0.4, 0.5) is 0 Å². The summed E-state index contributed by atoms with van der Waals surface area (Å²) in [5.41, 5.74) is 1.40. The van der Waals surface area contributed by atoms with E-state index in [1.54, 1.807) is 12.1 Å². The number of aromatic nitrogens is 2. The largest absolute Gasteiger partial charge is 0.494 e. The summed E-state index contributed by atoms with van der Waals surface area (Å²) in [5, 5.41) is 10.5. The van der Waals surface area contributed by atoms with Gasteiger partial charge in [0.25, 0.3) is 0 Å². The molecule has 164 valence electrons. The van der Waals surface area contributed by atoms with Crippen molar-refractivity contribution < 1.29 is 22.4 Å². The molecule has 2 aromatic carbocycles. The first-order valence-electron chi connectivity index (χ1n) is 9.62. The van der Waals surface area contributed by atoms with E-state index < -0.39 is 15.9 Å². The van der Waals surface area contributed by atoms with E-state index >= 15 is 0 Å². The average molecular weight is 445 g/mol. The fourth-order valence-electron chi connectivity index (χ4n) is 2.77. The Morgan fingerprint density at radius 1 is 1.10 bits per heavy atom. The van der Waals surface area contributed by atoms with Gasteiger partial charge in [0, 0.05) is 19.7 Å². The minimum atomic E-state index is -3.54. The number of benzene rings is 2. The molecular weight excluding hydrogens is 420 g/mol. The Labute approximate surface area is 181 Å². The van der Waals surface area contributed by atoms with E-state index in [1.807, 2.05) is 38.1 Å². The summed E-state index contributed by atoms with van der Waals surface area (Å²) >= 11 is 0. The highest BCUT2D eigenvalue weighted by Crippen LogP contribution is 2.22. The van der Waals surface area contributed by atoms with E-state index in [2.05, 4.69) is 15.5 Å². The monoisotopic (exact) mass is 444 g/mol. The van der Waals surface area contributed by atoms with E-state index in [0.29, 0.717) is 12.2 Å². The van der Waals surface area contributed by atoms with Gasteiger partial charge in [-0.05, 0) is 55.8 Å². The number of nitrogens with one attached hydrogen (secondary N) is 1. The van der Waals surface area contributed by atoms with E-state index in [9.17, 15) is 13.2 Å². The first-order valence-corrected chi connectivity index (χ1v) is 11.1. The second-order valence-corrected chi connectivity index (χ2v) is 9.07. The van der Waals surface area contributed by atoms with E-state index in [4.69, 9.17) is 9.15 Å². The summed E-state index contributed by atoms with van der Waals surface area (Å²) in [7, 11) is -0.618. The predicted octanol–water partition coefficient (Wildman–Crippen LogP) is 2.88. The SMILES string of the molecule is CCOc1ccc([C@@H](C)NC(=O)c2nnc(-c3ccc(S(=O)(=O)N(C)C)cc3)o2)cc1. The summed E-state index contributed by atoms with van der Waals surface area (Å²) in [5.74, 6) is 0.188. The van der Waals surface area contributed by atoms with E-state index in [0.717, 1.165) is 15.6 Å². The van der Waals surface area contributed by atoms with Crippen LogP contribution in [-0.2, 0) is 10.0 Å². The highest BCUT2D eigenvalue weighted by Gasteiger charge is 2.20. The van der Waals surface area contributed by atoms with Crippen LogP contribution < -0.4 is 10.1 Å². The summed E-state index contributed by atoms with van der Waals surface area (Å²) in [6, 6.07) is 13.1. The molecule has 1 atom stereocenters. The maximum atomic E-state index is 12.5. The van der Waals surface area contributed by atoms with Gasteiger partial charge in [-0.15, -0.1) is 10.2 Å². The van der Waals surface area contributed by atoms with Crippen LogP contribution in [0.1, 0.15) is 36.1 Å². The molecule has 10 heteroatoms. The number of carbonyl (C=O) groups excluding carboxylic acids is 1. The highest BCUT2D eigenvalue weighted by molar-refractivity contribution is 7.89. The van der Waals surface area contributed by atoms with Gasteiger partial charge in [0.2, 0.25) is 15.9 Å². The normalized spacial score (nSPS) is 12.5. The number of hydrogen-bond acceptors (Lipinski definition) is 7. The summed E-state index contributed by atoms with van der Waals surface area (Å²) in [4.78, 5) is 12.6. The lowest BCUT2D eigenvalue weighted by Gasteiger charge is -2.13. The molecule has 1 N–H and O–H groups in total. The molecular formula is C21H24N4O5S. The maximum Gasteiger partial charge on any atom is 0.309 e. The Balaban J connectivity index is 1.69. The predicted molar refractivity (Wildman–Crippen MR) is 114 cm³/mol. The molecule has 0 aliphatic rings. The minimum absolute atomic E-state index is 0.118. The van der Waals surface area contributed by atoms with Crippen LogP contribution in [0.25, 0.3) is 11.5 Å². The molecule has 0 fully saturated rings. The van der Waals surface area contributed by atoms with Gasteiger partial charge < -0.3 is 14.5 Å². The summed E-state index contributed by atoms with van der Waals surface area (Å²) in [6.07, 6.45) is 0. The minimum Gasteiger partial charge on any atom is -0.494 e. The van der Waals surface area contributed by atoms with Crippen LogP contribution in [0.2, 0.25) is 0 Å². The molecule has 0 unspecified atom stereocenters. The fourth-order valence-corrected chi connectivity index (χ4v) is 3.67. The summed E-state index contributed by atoms with van der Waals surface area (Å²) in [6.45, 7) is 4.34. The van der Waals surface area contributed by atoms with Crippen LogP contribution >= 0.6 is 0 Å². The lowest BCUT2D eigenvalue weighted by atomic mass is 10.1. The first-order chi connectivity index (χ1) is 14.7. The Kier molecular flexibility index (Phi) is 6.71. The average Bonchev–Trinajstić information content (AvgIpc) is 3.25. The third-order valence-electron chi connectivity index (χ3n) is 4.54. The number of ether oxygens (including phenoxy) is 1. The standard InChI is InChI=1S/C21H24N4O5S/c1-5-29-17-10-6-15(7-11-17)14(2)22-19(26)21-24-23-20(30-21)16-8-12-18(13-9-16)31(27,28)25(3)4/h6-14H,5H2,1-4H3,(H,22,26)/t14-/m1/s1. The number of rotatable bonds is 8. The summed E-state index contributed by atoms with van der Waals surface area (Å²) < 4.78 is 36.3. The van der Waals surface area contributed by atoms with Gasteiger partial charge in [-0.1, -0.05) is 12.1 Å². The van der Waals surface area contributed by atoms with E-state index in [1.165, 1.54) is 26.2 Å². The molecule has 3 aromatic rings. The van der Waals surface area contributed by atoms with Crippen molar-refractivity contribution in [2.75, 3.05) is 20.7 Å². The second kappa shape index (κ2) is 9.27. The van der Waals surface area contributed by atoms with Crippen molar-refractivity contribution >= 4 is 15.9 Å². The zero-order valence-corrected chi connectivity index (χ0v) is 18.5. The fraction of sp³-hybridized carbons (Fsp3) is 0.286.